The number of hydrogen-bond donors (Lipinski definition) is 2. The Bertz CT molecular complexity index is 522. The molecule has 2 heterocycles. The van der Waals surface area contributed by atoms with Crippen LogP contribution in [0, 0.1) is 6.92 Å². The molecular weight excluding hydrogens is 232 g/mol. The van der Waals surface area contributed by atoms with Crippen LogP contribution in [0.1, 0.15) is 43.0 Å². The number of hydrogen-bond acceptors (Lipinski definition) is 4. The number of nitrogens with one attached hydrogen (secondary N) is 1. The van der Waals surface area contributed by atoms with Gasteiger partial charge in [-0.25, -0.2) is 4.98 Å². The van der Waals surface area contributed by atoms with E-state index in [1.807, 2.05) is 6.92 Å². The number of aryl methyl sites for hydroxylation is 1. The number of nitrogens with two attached hydrogens (primary N) is 1. The molecule has 0 radical (unpaired) electrons. The first-order valence-electron chi connectivity index (χ1n) is 6.02. The minimum absolute atomic E-state index is 0.568. The van der Waals surface area contributed by atoms with Crippen molar-refractivity contribution in [3.63, 3.8) is 0 Å². The van der Waals surface area contributed by atoms with E-state index in [1.165, 1.54) is 25.7 Å². The van der Waals surface area contributed by atoms with Crippen molar-refractivity contribution in [1.82, 2.24) is 15.2 Å². The van der Waals surface area contributed by atoms with Crippen LogP contribution in [-0.4, -0.2) is 15.2 Å². The van der Waals surface area contributed by atoms with E-state index in [4.69, 9.17) is 5.73 Å². The molecule has 1 aliphatic carbocycles. The van der Waals surface area contributed by atoms with E-state index in [1.54, 1.807) is 11.3 Å². The fourth-order valence-electron chi connectivity index (χ4n) is 2.38. The zero-order chi connectivity index (χ0) is 11.8. The van der Waals surface area contributed by atoms with Gasteiger partial charge >= 0.3 is 0 Å². The summed E-state index contributed by atoms with van der Waals surface area (Å²) < 4.78 is 0. The minimum Gasteiger partial charge on any atom is -0.397 e. The summed E-state index contributed by atoms with van der Waals surface area (Å²) in [7, 11) is 0. The van der Waals surface area contributed by atoms with Gasteiger partial charge < -0.3 is 5.73 Å². The number of rotatable bonds is 2. The van der Waals surface area contributed by atoms with Gasteiger partial charge in [0.25, 0.3) is 0 Å². The summed E-state index contributed by atoms with van der Waals surface area (Å²) >= 11 is 1.62. The second-order valence-corrected chi connectivity index (χ2v) is 5.57. The quantitative estimate of drug-likeness (QED) is 0.858. The summed E-state index contributed by atoms with van der Waals surface area (Å²) in [4.78, 5) is 5.59. The van der Waals surface area contributed by atoms with E-state index in [2.05, 4.69) is 20.6 Å². The van der Waals surface area contributed by atoms with E-state index < -0.39 is 0 Å². The molecule has 1 fully saturated rings. The highest BCUT2D eigenvalue weighted by atomic mass is 32.1. The maximum atomic E-state index is 6.01. The normalized spacial score (nSPS) is 16.8. The van der Waals surface area contributed by atoms with Crippen molar-refractivity contribution in [3.05, 3.63) is 16.8 Å². The first-order valence-corrected chi connectivity index (χ1v) is 6.90. The van der Waals surface area contributed by atoms with E-state index >= 15 is 0 Å². The lowest BCUT2D eigenvalue weighted by atomic mass is 10.1. The van der Waals surface area contributed by atoms with Crippen molar-refractivity contribution < 1.29 is 0 Å². The van der Waals surface area contributed by atoms with Gasteiger partial charge in [-0.3, -0.25) is 5.10 Å². The van der Waals surface area contributed by atoms with Crippen molar-refractivity contribution in [2.24, 2.45) is 0 Å². The third kappa shape index (κ3) is 1.84. The van der Waals surface area contributed by atoms with Gasteiger partial charge in [0.1, 0.15) is 5.82 Å². The van der Waals surface area contributed by atoms with E-state index in [-0.39, 0.29) is 0 Å². The predicted octanol–water partition coefficient (Wildman–Crippen LogP) is 3.08. The summed E-state index contributed by atoms with van der Waals surface area (Å²) in [6, 6.07) is 0. The van der Waals surface area contributed by atoms with Gasteiger partial charge in [-0.05, 0) is 30.7 Å². The molecule has 1 aliphatic rings. The fourth-order valence-corrected chi connectivity index (χ4v) is 3.29. The summed E-state index contributed by atoms with van der Waals surface area (Å²) in [5, 5.41) is 9.42. The molecule has 0 atom stereocenters. The Morgan fingerprint density at radius 3 is 2.82 bits per heavy atom. The molecular formula is C12H16N4S. The number of H-pyrrole nitrogens is 1. The molecule has 0 saturated heterocycles. The molecule has 5 heteroatoms. The molecule has 17 heavy (non-hydrogen) atoms. The van der Waals surface area contributed by atoms with Crippen molar-refractivity contribution in [2.75, 3.05) is 5.73 Å². The second-order valence-electron chi connectivity index (χ2n) is 4.69. The Kier molecular flexibility index (Phi) is 2.63. The lowest BCUT2D eigenvalue weighted by molar-refractivity contribution is 0.672. The van der Waals surface area contributed by atoms with Crippen LogP contribution in [0.4, 0.5) is 5.69 Å². The third-order valence-electron chi connectivity index (χ3n) is 3.47. The Morgan fingerprint density at radius 1 is 1.41 bits per heavy atom. The lowest BCUT2D eigenvalue weighted by Crippen LogP contribution is -1.94. The summed E-state index contributed by atoms with van der Waals surface area (Å²) in [6.07, 6.45) is 5.07. The molecule has 3 rings (SSSR count). The fraction of sp³-hybridized carbons (Fsp3) is 0.500. The number of thiophene rings is 1. The maximum absolute atomic E-state index is 6.01. The van der Waals surface area contributed by atoms with Crippen molar-refractivity contribution >= 4 is 17.0 Å². The SMILES string of the molecule is Cc1csc(-c2n[nH]c(C3CCCC3)n2)c1N. The Balaban J connectivity index is 1.91. The van der Waals surface area contributed by atoms with E-state index in [9.17, 15) is 0 Å². The standard InChI is InChI=1S/C12H16N4S/c1-7-6-17-10(9(7)13)12-14-11(15-16-12)8-4-2-3-5-8/h6,8H,2-5,13H2,1H3,(H,14,15,16). The van der Waals surface area contributed by atoms with Gasteiger partial charge in [-0.1, -0.05) is 12.8 Å². The zero-order valence-corrected chi connectivity index (χ0v) is 10.7. The molecule has 0 amide bonds. The highest BCUT2D eigenvalue weighted by Crippen LogP contribution is 2.35. The summed E-state index contributed by atoms with van der Waals surface area (Å²) in [5.74, 6) is 2.35. The van der Waals surface area contributed by atoms with Crippen LogP contribution in [0.2, 0.25) is 0 Å². The van der Waals surface area contributed by atoms with Crippen LogP contribution in [0.15, 0.2) is 5.38 Å². The monoisotopic (exact) mass is 248 g/mol. The summed E-state index contributed by atoms with van der Waals surface area (Å²) in [5.41, 5.74) is 7.93. The molecule has 90 valence electrons. The third-order valence-corrected chi connectivity index (χ3v) is 4.58. The first kappa shape index (κ1) is 10.8. The molecule has 1 saturated carbocycles. The molecule has 0 bridgehead atoms. The number of aromatic amines is 1. The number of nitrogen functional groups attached to an aromatic ring is 1. The largest absolute Gasteiger partial charge is 0.397 e. The minimum atomic E-state index is 0.568. The smallest absolute Gasteiger partial charge is 0.193 e. The van der Waals surface area contributed by atoms with Gasteiger partial charge in [0, 0.05) is 5.92 Å². The van der Waals surface area contributed by atoms with Crippen molar-refractivity contribution in [2.45, 2.75) is 38.5 Å². The van der Waals surface area contributed by atoms with E-state index in [0.29, 0.717) is 5.92 Å². The van der Waals surface area contributed by atoms with Crippen LogP contribution in [-0.2, 0) is 0 Å². The molecule has 2 aromatic rings. The van der Waals surface area contributed by atoms with Gasteiger partial charge in [0.15, 0.2) is 5.82 Å². The zero-order valence-electron chi connectivity index (χ0n) is 9.86. The Morgan fingerprint density at radius 2 is 2.18 bits per heavy atom. The second kappa shape index (κ2) is 4.14. The van der Waals surface area contributed by atoms with Crippen LogP contribution in [0.3, 0.4) is 0 Å². The van der Waals surface area contributed by atoms with Crippen molar-refractivity contribution in [1.29, 1.82) is 0 Å². The van der Waals surface area contributed by atoms with Crippen LogP contribution in [0.5, 0.6) is 0 Å². The highest BCUT2D eigenvalue weighted by molar-refractivity contribution is 7.14. The molecule has 0 unspecified atom stereocenters. The lowest BCUT2D eigenvalue weighted by Gasteiger charge is -2.01. The molecule has 0 aromatic carbocycles. The van der Waals surface area contributed by atoms with Gasteiger partial charge in [0.2, 0.25) is 0 Å². The average Bonchev–Trinajstić information content (AvgIpc) is 3.01. The topological polar surface area (TPSA) is 67.6 Å². The predicted molar refractivity (Wildman–Crippen MR) is 70.1 cm³/mol. The summed E-state index contributed by atoms with van der Waals surface area (Å²) in [6.45, 7) is 2.01. The molecule has 0 aliphatic heterocycles. The highest BCUT2D eigenvalue weighted by Gasteiger charge is 2.21. The van der Waals surface area contributed by atoms with Crippen LogP contribution >= 0.6 is 11.3 Å². The maximum Gasteiger partial charge on any atom is 0.193 e. The average molecular weight is 248 g/mol. The Labute approximate surface area is 104 Å². The van der Waals surface area contributed by atoms with Crippen molar-refractivity contribution in [3.8, 4) is 10.7 Å². The number of anilines is 1. The van der Waals surface area contributed by atoms with Crippen LogP contribution in [0.25, 0.3) is 10.7 Å². The van der Waals surface area contributed by atoms with Gasteiger partial charge in [-0.15, -0.1) is 11.3 Å². The number of nitrogens with zero attached hydrogens (tertiary/aromatic N) is 2. The molecule has 2 aromatic heterocycles. The first-order chi connectivity index (χ1) is 8.25. The Hall–Kier alpha value is -1.36. The molecule has 4 nitrogen and oxygen atoms in total. The van der Waals surface area contributed by atoms with Gasteiger partial charge in [0.05, 0.1) is 10.6 Å². The van der Waals surface area contributed by atoms with Gasteiger partial charge in [-0.2, -0.15) is 5.10 Å². The molecule has 3 N–H and O–H groups in total. The van der Waals surface area contributed by atoms with E-state index in [0.717, 1.165) is 27.8 Å². The molecule has 0 spiro atoms. The van der Waals surface area contributed by atoms with Crippen LogP contribution < -0.4 is 5.73 Å². The number of aromatic nitrogens is 3.